The van der Waals surface area contributed by atoms with Gasteiger partial charge in [-0.2, -0.15) is 0 Å². The van der Waals surface area contributed by atoms with Crippen LogP contribution in [0.15, 0.2) is 24.3 Å². The molecule has 1 aromatic carbocycles. The van der Waals surface area contributed by atoms with Crippen molar-refractivity contribution in [2.45, 2.75) is 46.1 Å². The van der Waals surface area contributed by atoms with Gasteiger partial charge < -0.3 is 14.5 Å². The first-order valence-electron chi connectivity index (χ1n) is 10.5. The minimum atomic E-state index is -0.813. The van der Waals surface area contributed by atoms with Gasteiger partial charge >= 0.3 is 6.03 Å². The van der Waals surface area contributed by atoms with Gasteiger partial charge in [-0.1, -0.05) is 13.8 Å². The molecule has 7 heteroatoms. The van der Waals surface area contributed by atoms with E-state index < -0.39 is 5.54 Å². The average molecular weight is 402 g/mol. The summed E-state index contributed by atoms with van der Waals surface area (Å²) < 4.78 is 5.43. The Labute approximate surface area is 172 Å². The number of imide groups is 1. The second-order valence-corrected chi connectivity index (χ2v) is 8.12. The van der Waals surface area contributed by atoms with Crippen LogP contribution in [-0.4, -0.2) is 70.9 Å². The van der Waals surface area contributed by atoms with Crippen LogP contribution in [0, 0.1) is 5.92 Å². The summed E-state index contributed by atoms with van der Waals surface area (Å²) in [7, 11) is 0. The molecule has 0 N–H and O–H groups in total. The molecule has 0 aliphatic carbocycles. The largest absolute Gasteiger partial charge is 0.494 e. The smallest absolute Gasteiger partial charge is 0.327 e. The highest BCUT2D eigenvalue weighted by molar-refractivity contribution is 6.07. The Balaban J connectivity index is 1.74. The molecule has 4 amide bonds. The number of urea groups is 1. The number of hydrogen-bond acceptors (Lipinski definition) is 4. The number of likely N-dealkylation sites (N-methyl/N-ethyl adjacent to an activating group) is 1. The first-order chi connectivity index (χ1) is 13.8. The predicted molar refractivity (Wildman–Crippen MR) is 110 cm³/mol. The number of carbonyl (C=O) groups is 3. The SMILES string of the molecule is CCOc1ccc(C(=O)N2CCC3(CC2)C(=O)N(CC)C(=O)N3CC(C)C)cc1. The van der Waals surface area contributed by atoms with Gasteiger partial charge in [0.1, 0.15) is 11.3 Å². The summed E-state index contributed by atoms with van der Waals surface area (Å²) in [5, 5.41) is 0. The van der Waals surface area contributed by atoms with Gasteiger partial charge in [0, 0.05) is 31.7 Å². The maximum atomic E-state index is 13.1. The zero-order valence-electron chi connectivity index (χ0n) is 17.8. The molecule has 29 heavy (non-hydrogen) atoms. The molecule has 2 aliphatic heterocycles. The molecular weight excluding hydrogens is 370 g/mol. The van der Waals surface area contributed by atoms with Gasteiger partial charge in [0.05, 0.1) is 6.61 Å². The number of benzene rings is 1. The van der Waals surface area contributed by atoms with Crippen LogP contribution in [-0.2, 0) is 4.79 Å². The normalized spacial score (nSPS) is 18.9. The van der Waals surface area contributed by atoms with E-state index in [1.54, 1.807) is 34.1 Å². The van der Waals surface area contributed by atoms with Crippen LogP contribution in [0.3, 0.4) is 0 Å². The lowest BCUT2D eigenvalue weighted by Crippen LogP contribution is -2.58. The first kappa shape index (κ1) is 21.1. The number of piperidine rings is 1. The summed E-state index contributed by atoms with van der Waals surface area (Å²) in [6, 6.07) is 6.94. The van der Waals surface area contributed by atoms with Crippen LogP contribution in [0.5, 0.6) is 5.75 Å². The van der Waals surface area contributed by atoms with Crippen molar-refractivity contribution < 1.29 is 19.1 Å². The summed E-state index contributed by atoms with van der Waals surface area (Å²) in [5.74, 6) is 0.839. The molecule has 0 atom stereocenters. The highest BCUT2D eigenvalue weighted by Gasteiger charge is 2.57. The summed E-state index contributed by atoms with van der Waals surface area (Å²) in [4.78, 5) is 43.7. The number of hydrogen-bond donors (Lipinski definition) is 0. The first-order valence-corrected chi connectivity index (χ1v) is 10.5. The van der Waals surface area contributed by atoms with Gasteiger partial charge in [-0.25, -0.2) is 4.79 Å². The molecule has 0 aromatic heterocycles. The minimum Gasteiger partial charge on any atom is -0.494 e. The number of carbonyl (C=O) groups excluding carboxylic acids is 3. The van der Waals surface area contributed by atoms with E-state index in [0.717, 1.165) is 5.75 Å². The van der Waals surface area contributed by atoms with E-state index in [0.29, 0.717) is 51.2 Å². The lowest BCUT2D eigenvalue weighted by molar-refractivity contribution is -0.135. The van der Waals surface area contributed by atoms with E-state index >= 15 is 0 Å². The van der Waals surface area contributed by atoms with Gasteiger partial charge in [-0.15, -0.1) is 0 Å². The highest BCUT2D eigenvalue weighted by Crippen LogP contribution is 2.38. The van der Waals surface area contributed by atoms with E-state index in [1.165, 1.54) is 4.90 Å². The predicted octanol–water partition coefficient (Wildman–Crippen LogP) is 3.00. The molecule has 0 saturated carbocycles. The third kappa shape index (κ3) is 3.82. The fraction of sp³-hybridized carbons (Fsp3) is 0.591. The molecule has 2 fully saturated rings. The fourth-order valence-corrected chi connectivity index (χ4v) is 4.29. The lowest BCUT2D eigenvalue weighted by Gasteiger charge is -2.42. The van der Waals surface area contributed by atoms with Gasteiger partial charge in [-0.05, 0) is 56.9 Å². The van der Waals surface area contributed by atoms with Gasteiger partial charge in [0.15, 0.2) is 0 Å². The van der Waals surface area contributed by atoms with Crippen molar-refractivity contribution in [3.8, 4) is 5.75 Å². The Morgan fingerprint density at radius 2 is 1.72 bits per heavy atom. The van der Waals surface area contributed by atoms with E-state index in [2.05, 4.69) is 0 Å². The minimum absolute atomic E-state index is 0.0533. The molecule has 3 rings (SSSR count). The van der Waals surface area contributed by atoms with Gasteiger partial charge in [-0.3, -0.25) is 14.5 Å². The molecule has 0 radical (unpaired) electrons. The van der Waals surface area contributed by atoms with Crippen LogP contribution in [0.4, 0.5) is 4.79 Å². The lowest BCUT2D eigenvalue weighted by atomic mass is 9.85. The molecule has 2 aliphatic rings. The van der Waals surface area contributed by atoms with Crippen LogP contribution < -0.4 is 4.74 Å². The summed E-state index contributed by atoms with van der Waals surface area (Å²) in [6.45, 7) is 10.3. The van der Waals surface area contributed by atoms with Crippen molar-refractivity contribution in [2.24, 2.45) is 5.92 Å². The summed E-state index contributed by atoms with van der Waals surface area (Å²) in [5.41, 5.74) is -0.208. The molecule has 1 spiro atoms. The number of likely N-dealkylation sites (tertiary alicyclic amines) is 1. The Morgan fingerprint density at radius 3 is 2.24 bits per heavy atom. The topological polar surface area (TPSA) is 70.2 Å². The van der Waals surface area contributed by atoms with E-state index in [-0.39, 0.29) is 23.8 Å². The number of amides is 4. The Hall–Kier alpha value is -2.57. The van der Waals surface area contributed by atoms with Gasteiger partial charge in [0.2, 0.25) is 0 Å². The van der Waals surface area contributed by atoms with E-state index in [4.69, 9.17) is 4.74 Å². The van der Waals surface area contributed by atoms with Crippen molar-refractivity contribution in [2.75, 3.05) is 32.8 Å². The van der Waals surface area contributed by atoms with Crippen LogP contribution >= 0.6 is 0 Å². The van der Waals surface area contributed by atoms with E-state index in [9.17, 15) is 14.4 Å². The zero-order chi connectivity index (χ0) is 21.2. The monoisotopic (exact) mass is 401 g/mol. The third-order valence-corrected chi connectivity index (χ3v) is 5.78. The number of nitrogens with zero attached hydrogens (tertiary/aromatic N) is 3. The quantitative estimate of drug-likeness (QED) is 0.687. The molecular formula is C22H31N3O4. The van der Waals surface area contributed by atoms with Crippen LogP contribution in [0.25, 0.3) is 0 Å². The molecule has 0 unspecified atom stereocenters. The second-order valence-electron chi connectivity index (χ2n) is 8.12. The van der Waals surface area contributed by atoms with Crippen molar-refractivity contribution in [1.82, 2.24) is 14.7 Å². The fourth-order valence-electron chi connectivity index (χ4n) is 4.29. The maximum absolute atomic E-state index is 13.1. The van der Waals surface area contributed by atoms with Crippen molar-refractivity contribution >= 4 is 17.8 Å². The molecule has 1 aromatic rings. The summed E-state index contributed by atoms with van der Waals surface area (Å²) >= 11 is 0. The van der Waals surface area contributed by atoms with Crippen molar-refractivity contribution in [1.29, 1.82) is 0 Å². The van der Waals surface area contributed by atoms with Gasteiger partial charge in [0.25, 0.3) is 11.8 Å². The van der Waals surface area contributed by atoms with Crippen LogP contribution in [0.2, 0.25) is 0 Å². The Kier molecular flexibility index (Phi) is 6.15. The van der Waals surface area contributed by atoms with E-state index in [1.807, 2.05) is 27.7 Å². The Bertz CT molecular complexity index is 767. The summed E-state index contributed by atoms with van der Waals surface area (Å²) in [6.07, 6.45) is 0.952. The highest BCUT2D eigenvalue weighted by atomic mass is 16.5. The Morgan fingerprint density at radius 1 is 1.10 bits per heavy atom. The third-order valence-electron chi connectivity index (χ3n) is 5.78. The standard InChI is InChI=1S/C22H31N3O4/c1-5-24-20(27)22(25(21(24)28)15-16(3)4)11-13-23(14-12-22)19(26)17-7-9-18(10-8-17)29-6-2/h7-10,16H,5-6,11-15H2,1-4H3. The number of ether oxygens (including phenoxy) is 1. The molecule has 2 saturated heterocycles. The number of rotatable bonds is 6. The molecule has 7 nitrogen and oxygen atoms in total. The van der Waals surface area contributed by atoms with Crippen LogP contribution in [0.1, 0.15) is 50.9 Å². The zero-order valence-corrected chi connectivity index (χ0v) is 17.8. The van der Waals surface area contributed by atoms with Crippen molar-refractivity contribution in [3.05, 3.63) is 29.8 Å². The second kappa shape index (κ2) is 8.43. The maximum Gasteiger partial charge on any atom is 0.327 e. The molecule has 2 heterocycles. The molecule has 158 valence electrons. The average Bonchev–Trinajstić information content (AvgIpc) is 2.89. The molecule has 0 bridgehead atoms. The van der Waals surface area contributed by atoms with Crippen molar-refractivity contribution in [3.63, 3.8) is 0 Å².